The van der Waals surface area contributed by atoms with Gasteiger partial charge in [-0.3, -0.25) is 9.55 Å². The minimum Gasteiger partial charge on any atom is -0.330 e. The van der Waals surface area contributed by atoms with Gasteiger partial charge in [-0.2, -0.15) is 0 Å². The minimum atomic E-state index is 0.633. The van der Waals surface area contributed by atoms with Crippen molar-refractivity contribution in [1.29, 1.82) is 0 Å². The molecule has 2 heterocycles. The number of pyridine rings is 1. The van der Waals surface area contributed by atoms with Crippen molar-refractivity contribution in [2.24, 2.45) is 5.73 Å². The first-order valence-corrected chi connectivity index (χ1v) is 6.77. The van der Waals surface area contributed by atoms with Crippen LogP contribution in [0.1, 0.15) is 16.7 Å². The Balaban J connectivity index is 2.14. The molecule has 0 aliphatic heterocycles. The molecular weight excluding hydrogens is 248 g/mol. The number of aryl methyl sites for hydroxylation is 2. The molecule has 0 saturated carbocycles. The number of fused-ring (bicyclic) bond motifs is 1. The highest BCUT2D eigenvalue weighted by Gasteiger charge is 2.07. The maximum absolute atomic E-state index is 5.61. The molecule has 0 aliphatic carbocycles. The van der Waals surface area contributed by atoms with Gasteiger partial charge in [-0.1, -0.05) is 0 Å². The van der Waals surface area contributed by atoms with Gasteiger partial charge in [0.1, 0.15) is 6.33 Å². The van der Waals surface area contributed by atoms with Crippen molar-refractivity contribution in [3.05, 3.63) is 53.6 Å². The summed E-state index contributed by atoms with van der Waals surface area (Å²) >= 11 is 0. The summed E-state index contributed by atoms with van der Waals surface area (Å²) in [6.07, 6.45) is 6.42. The van der Waals surface area contributed by atoms with Gasteiger partial charge in [0.15, 0.2) is 0 Å². The van der Waals surface area contributed by atoms with Crippen LogP contribution in [-0.4, -0.2) is 21.1 Å². The first-order chi connectivity index (χ1) is 9.69. The lowest BCUT2D eigenvalue weighted by atomic mass is 10.1. The fourth-order valence-corrected chi connectivity index (χ4v) is 2.38. The van der Waals surface area contributed by atoms with Gasteiger partial charge in [0.2, 0.25) is 0 Å². The number of rotatable bonds is 3. The normalized spacial score (nSPS) is 11.2. The Hall–Kier alpha value is -2.20. The number of imidazole rings is 1. The van der Waals surface area contributed by atoms with Crippen LogP contribution in [0.5, 0.6) is 0 Å². The third-order valence-electron chi connectivity index (χ3n) is 3.65. The van der Waals surface area contributed by atoms with E-state index in [0.717, 1.165) is 28.7 Å². The van der Waals surface area contributed by atoms with Crippen molar-refractivity contribution >= 4 is 11.0 Å². The van der Waals surface area contributed by atoms with Crippen LogP contribution in [0.15, 0.2) is 36.9 Å². The van der Waals surface area contributed by atoms with E-state index in [4.69, 9.17) is 5.73 Å². The van der Waals surface area contributed by atoms with E-state index in [1.165, 1.54) is 11.1 Å². The van der Waals surface area contributed by atoms with E-state index in [-0.39, 0.29) is 0 Å². The Morgan fingerprint density at radius 1 is 1.10 bits per heavy atom. The Morgan fingerprint density at radius 3 is 2.70 bits per heavy atom. The molecule has 0 radical (unpaired) electrons. The second-order valence-corrected chi connectivity index (χ2v) is 5.13. The fourth-order valence-electron chi connectivity index (χ4n) is 2.38. The monoisotopic (exact) mass is 266 g/mol. The molecule has 0 amide bonds. The predicted octanol–water partition coefficient (Wildman–Crippen LogP) is 2.54. The summed E-state index contributed by atoms with van der Waals surface area (Å²) < 4.78 is 2.08. The molecule has 0 bridgehead atoms. The number of benzene rings is 1. The molecular formula is C16H18N4. The first-order valence-electron chi connectivity index (χ1n) is 6.77. The molecule has 0 aliphatic rings. The number of hydrogen-bond acceptors (Lipinski definition) is 3. The predicted molar refractivity (Wildman–Crippen MR) is 81.1 cm³/mol. The van der Waals surface area contributed by atoms with Gasteiger partial charge in [-0.05, 0) is 61.7 Å². The van der Waals surface area contributed by atoms with Crippen molar-refractivity contribution < 1.29 is 0 Å². The van der Waals surface area contributed by atoms with Gasteiger partial charge in [0.05, 0.1) is 22.9 Å². The molecule has 0 saturated heterocycles. The lowest BCUT2D eigenvalue weighted by molar-refractivity contribution is 0.948. The summed E-state index contributed by atoms with van der Waals surface area (Å²) in [5, 5.41) is 0. The van der Waals surface area contributed by atoms with Crippen molar-refractivity contribution in [2.75, 3.05) is 6.54 Å². The highest BCUT2D eigenvalue weighted by atomic mass is 15.1. The summed E-state index contributed by atoms with van der Waals surface area (Å²) in [5.41, 5.74) is 12.4. The summed E-state index contributed by atoms with van der Waals surface area (Å²) in [7, 11) is 0. The molecule has 4 nitrogen and oxygen atoms in total. The molecule has 2 N–H and O–H groups in total. The standard InChI is InChI=1S/C16H18N4/c1-11-5-15-16(6-12(11)2)20(10-19-15)14-7-13(3-4-17)8-18-9-14/h5-10H,3-4,17H2,1-2H3. The molecule has 20 heavy (non-hydrogen) atoms. The van der Waals surface area contributed by atoms with Crippen LogP contribution >= 0.6 is 0 Å². The van der Waals surface area contributed by atoms with E-state index in [0.29, 0.717) is 6.54 Å². The Morgan fingerprint density at radius 2 is 1.90 bits per heavy atom. The smallest absolute Gasteiger partial charge is 0.100 e. The molecule has 0 spiro atoms. The largest absolute Gasteiger partial charge is 0.330 e. The fraction of sp³-hybridized carbons (Fsp3) is 0.250. The Labute approximate surface area is 118 Å². The van der Waals surface area contributed by atoms with Crippen LogP contribution in [0.3, 0.4) is 0 Å². The zero-order valence-corrected chi connectivity index (χ0v) is 11.8. The van der Waals surface area contributed by atoms with Gasteiger partial charge in [0.25, 0.3) is 0 Å². The molecule has 0 unspecified atom stereocenters. The van der Waals surface area contributed by atoms with Crippen LogP contribution in [0.4, 0.5) is 0 Å². The van der Waals surface area contributed by atoms with E-state index in [9.17, 15) is 0 Å². The molecule has 2 aromatic heterocycles. The highest BCUT2D eigenvalue weighted by molar-refractivity contribution is 5.79. The van der Waals surface area contributed by atoms with E-state index in [1.807, 2.05) is 18.7 Å². The van der Waals surface area contributed by atoms with Crippen LogP contribution in [-0.2, 0) is 6.42 Å². The molecule has 3 aromatic rings. The lowest BCUT2D eigenvalue weighted by Crippen LogP contribution is -2.04. The van der Waals surface area contributed by atoms with E-state index in [2.05, 4.69) is 46.6 Å². The van der Waals surface area contributed by atoms with Crippen LogP contribution in [0, 0.1) is 13.8 Å². The van der Waals surface area contributed by atoms with Gasteiger partial charge < -0.3 is 5.73 Å². The zero-order chi connectivity index (χ0) is 14.1. The molecule has 102 valence electrons. The van der Waals surface area contributed by atoms with Gasteiger partial charge in [-0.15, -0.1) is 0 Å². The average Bonchev–Trinajstić information content (AvgIpc) is 2.83. The summed E-state index contributed by atoms with van der Waals surface area (Å²) in [5.74, 6) is 0. The van der Waals surface area contributed by atoms with E-state index >= 15 is 0 Å². The number of aromatic nitrogens is 3. The van der Waals surface area contributed by atoms with Crippen LogP contribution in [0.2, 0.25) is 0 Å². The lowest BCUT2D eigenvalue weighted by Gasteiger charge is -2.07. The maximum atomic E-state index is 5.61. The third-order valence-corrected chi connectivity index (χ3v) is 3.65. The topological polar surface area (TPSA) is 56.7 Å². The van der Waals surface area contributed by atoms with Gasteiger partial charge >= 0.3 is 0 Å². The highest BCUT2D eigenvalue weighted by Crippen LogP contribution is 2.21. The quantitative estimate of drug-likeness (QED) is 0.792. The van der Waals surface area contributed by atoms with Crippen molar-refractivity contribution in [3.8, 4) is 5.69 Å². The number of nitrogens with two attached hydrogens (primary N) is 1. The molecule has 0 fully saturated rings. The number of nitrogens with zero attached hydrogens (tertiary/aromatic N) is 3. The van der Waals surface area contributed by atoms with Crippen molar-refractivity contribution in [3.63, 3.8) is 0 Å². The summed E-state index contributed by atoms with van der Waals surface area (Å²) in [6, 6.07) is 6.42. The maximum Gasteiger partial charge on any atom is 0.100 e. The Bertz CT molecular complexity index is 758. The second kappa shape index (κ2) is 5.06. The third kappa shape index (κ3) is 2.18. The molecule has 3 rings (SSSR count). The van der Waals surface area contributed by atoms with Crippen LogP contribution in [0.25, 0.3) is 16.7 Å². The zero-order valence-electron chi connectivity index (χ0n) is 11.8. The molecule has 4 heteroatoms. The van der Waals surface area contributed by atoms with Crippen molar-refractivity contribution in [1.82, 2.24) is 14.5 Å². The second-order valence-electron chi connectivity index (χ2n) is 5.13. The minimum absolute atomic E-state index is 0.633. The van der Waals surface area contributed by atoms with Crippen molar-refractivity contribution in [2.45, 2.75) is 20.3 Å². The van der Waals surface area contributed by atoms with E-state index < -0.39 is 0 Å². The average molecular weight is 266 g/mol. The first kappa shape index (κ1) is 12.8. The summed E-state index contributed by atoms with van der Waals surface area (Å²) in [4.78, 5) is 8.78. The summed E-state index contributed by atoms with van der Waals surface area (Å²) in [6.45, 7) is 4.86. The van der Waals surface area contributed by atoms with Crippen LogP contribution < -0.4 is 5.73 Å². The number of hydrogen-bond donors (Lipinski definition) is 1. The van der Waals surface area contributed by atoms with Gasteiger partial charge in [-0.25, -0.2) is 4.98 Å². The van der Waals surface area contributed by atoms with Gasteiger partial charge in [0, 0.05) is 6.20 Å². The van der Waals surface area contributed by atoms with E-state index in [1.54, 1.807) is 0 Å². The Kier molecular flexibility index (Phi) is 3.24. The molecule has 0 atom stereocenters. The SMILES string of the molecule is Cc1cc2ncn(-c3cncc(CCN)c3)c2cc1C. The molecule has 1 aromatic carbocycles.